The fourth-order valence-corrected chi connectivity index (χ4v) is 1.83. The Morgan fingerprint density at radius 2 is 1.93 bits per heavy atom. The molecule has 1 saturated carbocycles. The lowest BCUT2D eigenvalue weighted by Gasteiger charge is -2.18. The van der Waals surface area contributed by atoms with Crippen LogP contribution in [0.5, 0.6) is 0 Å². The molecule has 3 heteroatoms. The van der Waals surface area contributed by atoms with Gasteiger partial charge in [-0.15, -0.1) is 0 Å². The van der Waals surface area contributed by atoms with Gasteiger partial charge in [-0.05, 0) is 48.9 Å². The maximum absolute atomic E-state index is 13.1. The van der Waals surface area contributed by atoms with Gasteiger partial charge in [0.15, 0.2) is 0 Å². The molecule has 2 atom stereocenters. The predicted molar refractivity (Wildman–Crippen MR) is 54.8 cm³/mol. The fraction of sp³-hybridized carbons (Fsp3) is 0.500. The molecule has 0 bridgehead atoms. The van der Waals surface area contributed by atoms with Gasteiger partial charge in [0, 0.05) is 0 Å². The molecular weight excluding hydrogens is 195 g/mol. The number of aliphatic hydroxyl groups excluding tert-OH is 2. The molecule has 1 aromatic rings. The van der Waals surface area contributed by atoms with E-state index in [0.29, 0.717) is 5.56 Å². The average Bonchev–Trinajstić information content (AvgIpc) is 2.97. The Morgan fingerprint density at radius 3 is 2.47 bits per heavy atom. The summed E-state index contributed by atoms with van der Waals surface area (Å²) in [5.74, 6) is -0.185. The summed E-state index contributed by atoms with van der Waals surface area (Å²) in [5, 5.41) is 19.6. The van der Waals surface area contributed by atoms with Crippen LogP contribution in [0, 0.1) is 18.7 Å². The van der Waals surface area contributed by atoms with Crippen LogP contribution < -0.4 is 0 Å². The molecule has 15 heavy (non-hydrogen) atoms. The lowest BCUT2D eigenvalue weighted by atomic mass is 9.99. The highest BCUT2D eigenvalue weighted by Crippen LogP contribution is 2.38. The minimum Gasteiger partial charge on any atom is -0.390 e. The summed E-state index contributed by atoms with van der Waals surface area (Å²) in [6.07, 6.45) is 0.178. The van der Waals surface area contributed by atoms with Gasteiger partial charge >= 0.3 is 0 Å². The van der Waals surface area contributed by atoms with Crippen LogP contribution in [0.4, 0.5) is 4.39 Å². The van der Waals surface area contributed by atoms with Gasteiger partial charge in [-0.1, -0.05) is 6.07 Å². The van der Waals surface area contributed by atoms with Crippen molar-refractivity contribution < 1.29 is 14.6 Å². The topological polar surface area (TPSA) is 40.5 Å². The number of aryl methyl sites for hydroxylation is 1. The molecule has 0 saturated heterocycles. The summed E-state index contributed by atoms with van der Waals surface area (Å²) in [4.78, 5) is 0. The van der Waals surface area contributed by atoms with E-state index < -0.39 is 12.2 Å². The molecule has 2 nitrogen and oxygen atoms in total. The van der Waals surface area contributed by atoms with Gasteiger partial charge in [-0.2, -0.15) is 0 Å². The fourth-order valence-electron chi connectivity index (χ4n) is 1.83. The van der Waals surface area contributed by atoms with Gasteiger partial charge in [-0.3, -0.25) is 0 Å². The number of hydrogen-bond acceptors (Lipinski definition) is 2. The van der Waals surface area contributed by atoms with E-state index in [1.807, 2.05) is 0 Å². The second kappa shape index (κ2) is 3.91. The van der Waals surface area contributed by atoms with Crippen LogP contribution in [-0.2, 0) is 0 Å². The quantitative estimate of drug-likeness (QED) is 0.800. The van der Waals surface area contributed by atoms with E-state index in [0.717, 1.165) is 18.4 Å². The molecule has 0 amide bonds. The molecule has 1 aromatic carbocycles. The third kappa shape index (κ3) is 2.36. The first-order valence-corrected chi connectivity index (χ1v) is 5.21. The maximum atomic E-state index is 13.1. The van der Waals surface area contributed by atoms with E-state index in [2.05, 4.69) is 0 Å². The monoisotopic (exact) mass is 210 g/mol. The molecular formula is C12H15FO2. The molecule has 0 heterocycles. The van der Waals surface area contributed by atoms with Gasteiger partial charge in [-0.25, -0.2) is 4.39 Å². The lowest BCUT2D eigenvalue weighted by Crippen LogP contribution is -2.20. The van der Waals surface area contributed by atoms with Crippen molar-refractivity contribution in [1.82, 2.24) is 0 Å². The molecule has 2 unspecified atom stereocenters. The Labute approximate surface area is 88.4 Å². The SMILES string of the molecule is Cc1cc(F)cc(C(O)C(O)C2CC2)c1. The van der Waals surface area contributed by atoms with E-state index in [1.54, 1.807) is 13.0 Å². The zero-order valence-corrected chi connectivity index (χ0v) is 8.65. The maximum Gasteiger partial charge on any atom is 0.123 e. The van der Waals surface area contributed by atoms with Gasteiger partial charge in [0.05, 0.1) is 6.10 Å². The number of benzene rings is 1. The number of aliphatic hydroxyl groups is 2. The molecule has 82 valence electrons. The van der Waals surface area contributed by atoms with Gasteiger partial charge in [0.25, 0.3) is 0 Å². The molecule has 0 spiro atoms. The summed E-state index contributed by atoms with van der Waals surface area (Å²) in [6.45, 7) is 1.77. The number of rotatable bonds is 3. The molecule has 0 aliphatic heterocycles. The van der Waals surface area contributed by atoms with E-state index in [-0.39, 0.29) is 11.7 Å². The van der Waals surface area contributed by atoms with Gasteiger partial charge in [0.1, 0.15) is 11.9 Å². The normalized spacial score (nSPS) is 20.0. The molecule has 0 aromatic heterocycles. The van der Waals surface area contributed by atoms with Crippen LogP contribution in [0.1, 0.15) is 30.1 Å². The molecule has 2 rings (SSSR count). The van der Waals surface area contributed by atoms with Crippen molar-refractivity contribution in [3.05, 3.63) is 35.1 Å². The average molecular weight is 210 g/mol. The second-order valence-electron chi connectivity index (χ2n) is 4.33. The summed E-state index contributed by atoms with van der Waals surface area (Å²) in [7, 11) is 0. The summed E-state index contributed by atoms with van der Waals surface area (Å²) in [6, 6.07) is 4.39. The zero-order chi connectivity index (χ0) is 11.0. The molecule has 1 aliphatic carbocycles. The second-order valence-corrected chi connectivity index (χ2v) is 4.33. The van der Waals surface area contributed by atoms with Crippen LogP contribution in [0.2, 0.25) is 0 Å². The third-order valence-corrected chi connectivity index (χ3v) is 2.83. The Balaban J connectivity index is 2.19. The highest BCUT2D eigenvalue weighted by molar-refractivity contribution is 5.26. The van der Waals surface area contributed by atoms with Crippen molar-refractivity contribution in [3.8, 4) is 0 Å². The van der Waals surface area contributed by atoms with Crippen LogP contribution in [0.15, 0.2) is 18.2 Å². The van der Waals surface area contributed by atoms with E-state index >= 15 is 0 Å². The largest absolute Gasteiger partial charge is 0.390 e. The van der Waals surface area contributed by atoms with E-state index in [9.17, 15) is 14.6 Å². The van der Waals surface area contributed by atoms with E-state index in [4.69, 9.17) is 0 Å². The third-order valence-electron chi connectivity index (χ3n) is 2.83. The van der Waals surface area contributed by atoms with Gasteiger partial charge < -0.3 is 10.2 Å². The number of halogens is 1. The Hall–Kier alpha value is -0.930. The summed E-state index contributed by atoms with van der Waals surface area (Å²) < 4.78 is 13.1. The highest BCUT2D eigenvalue weighted by Gasteiger charge is 2.35. The van der Waals surface area contributed by atoms with Crippen molar-refractivity contribution in [3.63, 3.8) is 0 Å². The Bertz CT molecular complexity index is 340. The van der Waals surface area contributed by atoms with E-state index in [1.165, 1.54) is 12.1 Å². The van der Waals surface area contributed by atoms with Crippen molar-refractivity contribution in [2.45, 2.75) is 32.0 Å². The lowest BCUT2D eigenvalue weighted by molar-refractivity contribution is 0.00467. The van der Waals surface area contributed by atoms with Crippen LogP contribution >= 0.6 is 0 Å². The van der Waals surface area contributed by atoms with Crippen LogP contribution in [0.25, 0.3) is 0 Å². The first kappa shape index (κ1) is 10.6. The van der Waals surface area contributed by atoms with Crippen molar-refractivity contribution >= 4 is 0 Å². The van der Waals surface area contributed by atoms with Crippen molar-refractivity contribution in [2.24, 2.45) is 5.92 Å². The van der Waals surface area contributed by atoms with Crippen LogP contribution in [0.3, 0.4) is 0 Å². The predicted octanol–water partition coefficient (Wildman–Crippen LogP) is 1.94. The summed E-state index contributed by atoms with van der Waals surface area (Å²) >= 11 is 0. The number of hydrogen-bond donors (Lipinski definition) is 2. The first-order valence-electron chi connectivity index (χ1n) is 5.21. The van der Waals surface area contributed by atoms with Crippen molar-refractivity contribution in [1.29, 1.82) is 0 Å². The van der Waals surface area contributed by atoms with Crippen LogP contribution in [-0.4, -0.2) is 16.3 Å². The first-order chi connectivity index (χ1) is 7.08. The minimum absolute atomic E-state index is 0.184. The summed E-state index contributed by atoms with van der Waals surface area (Å²) in [5.41, 5.74) is 1.22. The molecule has 1 aliphatic rings. The molecule has 2 N–H and O–H groups in total. The molecule has 1 fully saturated rings. The van der Waals surface area contributed by atoms with Crippen molar-refractivity contribution in [2.75, 3.05) is 0 Å². The Kier molecular flexibility index (Phi) is 2.76. The van der Waals surface area contributed by atoms with Gasteiger partial charge in [0.2, 0.25) is 0 Å². The minimum atomic E-state index is -0.966. The highest BCUT2D eigenvalue weighted by atomic mass is 19.1. The Morgan fingerprint density at radius 1 is 1.27 bits per heavy atom. The standard InChI is InChI=1S/C12H15FO2/c1-7-4-9(6-10(13)5-7)12(15)11(14)8-2-3-8/h4-6,8,11-12,14-15H,2-3H2,1H3. The molecule has 0 radical (unpaired) electrons. The zero-order valence-electron chi connectivity index (χ0n) is 8.65. The smallest absolute Gasteiger partial charge is 0.123 e.